The largest absolute Gasteiger partial charge is 0.316 e. The second-order valence-electron chi connectivity index (χ2n) is 8.00. The van der Waals surface area contributed by atoms with Crippen LogP contribution in [0.4, 0.5) is 10.9 Å². The summed E-state index contributed by atoms with van der Waals surface area (Å²) in [5.74, 6) is 3.13. The summed E-state index contributed by atoms with van der Waals surface area (Å²) >= 11 is 1.63. The number of aromatic nitrogens is 5. The third-order valence-corrected chi connectivity index (χ3v) is 6.16. The number of nitrogens with zero attached hydrogens (tertiary/aromatic N) is 6. The fourth-order valence-corrected chi connectivity index (χ4v) is 4.65. The predicted octanol–water partition coefficient (Wildman–Crippen LogP) is 4.10. The van der Waals surface area contributed by atoms with Gasteiger partial charge in [0.15, 0.2) is 5.13 Å². The highest BCUT2D eigenvalue weighted by molar-refractivity contribution is 7.15. The zero-order valence-electron chi connectivity index (χ0n) is 17.9. The molecule has 4 heterocycles. The number of piperidine rings is 1. The summed E-state index contributed by atoms with van der Waals surface area (Å²) in [6, 6.07) is 2.07. The van der Waals surface area contributed by atoms with E-state index in [2.05, 4.69) is 50.1 Å². The summed E-state index contributed by atoms with van der Waals surface area (Å²) in [5.41, 5.74) is 2.29. The Kier molecular flexibility index (Phi) is 6.64. The number of thiazole rings is 1. The van der Waals surface area contributed by atoms with Crippen molar-refractivity contribution in [3.05, 3.63) is 52.4 Å². The van der Waals surface area contributed by atoms with E-state index in [1.807, 2.05) is 25.5 Å². The highest BCUT2D eigenvalue weighted by atomic mass is 32.1. The van der Waals surface area contributed by atoms with Gasteiger partial charge in [-0.05, 0) is 45.6 Å². The van der Waals surface area contributed by atoms with E-state index in [0.29, 0.717) is 5.92 Å². The minimum atomic E-state index is 0.596. The molecule has 1 aliphatic heterocycles. The van der Waals surface area contributed by atoms with Crippen molar-refractivity contribution in [2.45, 2.75) is 53.0 Å². The molecule has 1 atom stereocenters. The van der Waals surface area contributed by atoms with Gasteiger partial charge in [0.2, 0.25) is 0 Å². The second kappa shape index (κ2) is 9.57. The van der Waals surface area contributed by atoms with Gasteiger partial charge in [-0.25, -0.2) is 24.9 Å². The van der Waals surface area contributed by atoms with E-state index in [0.717, 1.165) is 60.8 Å². The lowest BCUT2D eigenvalue weighted by Gasteiger charge is -2.32. The molecule has 158 valence electrons. The molecular weight excluding hydrogens is 394 g/mol. The van der Waals surface area contributed by atoms with Gasteiger partial charge in [-0.2, -0.15) is 0 Å². The summed E-state index contributed by atoms with van der Waals surface area (Å²) in [6.45, 7) is 9.21. The van der Waals surface area contributed by atoms with E-state index in [-0.39, 0.29) is 0 Å². The van der Waals surface area contributed by atoms with Crippen LogP contribution < -0.4 is 5.32 Å². The van der Waals surface area contributed by atoms with Crippen LogP contribution in [-0.2, 0) is 19.4 Å². The van der Waals surface area contributed by atoms with E-state index in [9.17, 15) is 0 Å². The van der Waals surface area contributed by atoms with Crippen LogP contribution in [0.15, 0.2) is 24.7 Å². The van der Waals surface area contributed by atoms with Crippen molar-refractivity contribution in [3.8, 4) is 0 Å². The monoisotopic (exact) mass is 423 g/mol. The molecule has 3 aromatic rings. The highest BCUT2D eigenvalue weighted by Gasteiger charge is 2.21. The Hall–Kier alpha value is -2.45. The number of aryl methyl sites for hydroxylation is 3. The Labute approximate surface area is 182 Å². The molecule has 1 aliphatic rings. The first kappa shape index (κ1) is 20.8. The Bertz CT molecular complexity index is 970. The molecule has 30 heavy (non-hydrogen) atoms. The van der Waals surface area contributed by atoms with Crippen LogP contribution in [0.5, 0.6) is 0 Å². The number of hydrogen-bond acceptors (Lipinski definition) is 8. The average molecular weight is 424 g/mol. The van der Waals surface area contributed by atoms with Crippen molar-refractivity contribution in [2.24, 2.45) is 5.92 Å². The first-order valence-electron chi connectivity index (χ1n) is 10.6. The molecule has 7 nitrogen and oxygen atoms in total. The van der Waals surface area contributed by atoms with Gasteiger partial charge in [0.05, 0.1) is 0 Å². The van der Waals surface area contributed by atoms with Gasteiger partial charge >= 0.3 is 0 Å². The molecule has 0 saturated carbocycles. The van der Waals surface area contributed by atoms with Gasteiger partial charge in [0.1, 0.15) is 17.5 Å². The van der Waals surface area contributed by atoms with Crippen molar-refractivity contribution in [1.29, 1.82) is 0 Å². The van der Waals surface area contributed by atoms with Crippen LogP contribution in [0.2, 0.25) is 0 Å². The lowest BCUT2D eigenvalue weighted by Crippen LogP contribution is -2.36. The summed E-state index contributed by atoms with van der Waals surface area (Å²) in [6.07, 6.45) is 10.1. The Morgan fingerprint density at radius 2 is 1.97 bits per heavy atom. The molecule has 0 amide bonds. The van der Waals surface area contributed by atoms with Crippen molar-refractivity contribution in [1.82, 2.24) is 29.8 Å². The molecule has 1 saturated heterocycles. The van der Waals surface area contributed by atoms with Crippen LogP contribution >= 0.6 is 11.3 Å². The van der Waals surface area contributed by atoms with Crippen LogP contribution in [0, 0.1) is 19.8 Å². The topological polar surface area (TPSA) is 79.7 Å². The van der Waals surface area contributed by atoms with Gasteiger partial charge in [-0.15, -0.1) is 11.3 Å². The molecule has 0 bridgehead atoms. The van der Waals surface area contributed by atoms with Gasteiger partial charge in [-0.3, -0.25) is 4.90 Å². The summed E-state index contributed by atoms with van der Waals surface area (Å²) in [4.78, 5) is 26.2. The lowest BCUT2D eigenvalue weighted by atomic mass is 9.93. The Balaban J connectivity index is 1.38. The second-order valence-corrected chi connectivity index (χ2v) is 9.24. The molecular formula is C22H29N7S. The number of rotatable bonds is 7. The molecule has 3 aromatic heterocycles. The molecule has 1 fully saturated rings. The Morgan fingerprint density at radius 1 is 1.13 bits per heavy atom. The first-order chi connectivity index (χ1) is 14.6. The molecule has 0 aliphatic carbocycles. The van der Waals surface area contributed by atoms with E-state index in [1.165, 1.54) is 23.3 Å². The normalized spacial score (nSPS) is 17.2. The zero-order chi connectivity index (χ0) is 20.9. The minimum absolute atomic E-state index is 0.596. The molecule has 1 N–H and O–H groups in total. The van der Waals surface area contributed by atoms with E-state index >= 15 is 0 Å². The maximum Gasteiger partial charge on any atom is 0.188 e. The molecule has 0 unspecified atom stereocenters. The maximum atomic E-state index is 4.70. The van der Waals surface area contributed by atoms with Crippen LogP contribution in [0.25, 0.3) is 0 Å². The standard InChI is InChI=1S/C22H29N7S/c1-4-20-23-11-18(12-24-20)14-29-7-5-6-17(13-29)8-19-9-21(27-16(3)26-19)28-22-25-10-15(2)30-22/h9-12,17H,4-8,13-14H2,1-3H3,(H,25,26,27,28)/t17-/m1/s1. The number of hydrogen-bond donors (Lipinski definition) is 1. The van der Waals surface area contributed by atoms with Crippen LogP contribution in [0.1, 0.15) is 47.5 Å². The van der Waals surface area contributed by atoms with E-state index < -0.39 is 0 Å². The lowest BCUT2D eigenvalue weighted by molar-refractivity contribution is 0.166. The third-order valence-electron chi connectivity index (χ3n) is 5.33. The van der Waals surface area contributed by atoms with Crippen molar-refractivity contribution < 1.29 is 0 Å². The van der Waals surface area contributed by atoms with Gasteiger partial charge in [0.25, 0.3) is 0 Å². The van der Waals surface area contributed by atoms with Gasteiger partial charge < -0.3 is 5.32 Å². The maximum absolute atomic E-state index is 4.70. The number of nitrogens with one attached hydrogen (secondary N) is 1. The van der Waals surface area contributed by atoms with Gasteiger partial charge in [-0.1, -0.05) is 6.92 Å². The quantitative estimate of drug-likeness (QED) is 0.613. The first-order valence-corrected chi connectivity index (χ1v) is 11.4. The average Bonchev–Trinajstić information content (AvgIpc) is 3.13. The predicted molar refractivity (Wildman–Crippen MR) is 120 cm³/mol. The summed E-state index contributed by atoms with van der Waals surface area (Å²) < 4.78 is 0. The van der Waals surface area contributed by atoms with Crippen molar-refractivity contribution in [2.75, 3.05) is 18.4 Å². The zero-order valence-corrected chi connectivity index (χ0v) is 18.7. The minimum Gasteiger partial charge on any atom is -0.316 e. The number of anilines is 2. The SMILES string of the molecule is CCc1ncc(CN2CCC[C@H](Cc3cc(Nc4ncc(C)s4)nc(C)n3)C2)cn1. The molecule has 4 rings (SSSR count). The fourth-order valence-electron chi connectivity index (χ4n) is 3.98. The van der Waals surface area contributed by atoms with E-state index in [4.69, 9.17) is 4.98 Å². The highest BCUT2D eigenvalue weighted by Crippen LogP contribution is 2.24. The molecule has 0 aromatic carbocycles. The summed E-state index contributed by atoms with van der Waals surface area (Å²) in [5, 5.41) is 4.20. The molecule has 0 spiro atoms. The fraction of sp³-hybridized carbons (Fsp3) is 0.500. The summed E-state index contributed by atoms with van der Waals surface area (Å²) in [7, 11) is 0. The smallest absolute Gasteiger partial charge is 0.188 e. The van der Waals surface area contributed by atoms with Gasteiger partial charge in [0, 0.05) is 60.3 Å². The van der Waals surface area contributed by atoms with Crippen molar-refractivity contribution >= 4 is 22.3 Å². The third kappa shape index (κ3) is 5.58. The van der Waals surface area contributed by atoms with Crippen molar-refractivity contribution in [3.63, 3.8) is 0 Å². The molecule has 0 radical (unpaired) electrons. The van der Waals surface area contributed by atoms with E-state index in [1.54, 1.807) is 11.3 Å². The van der Waals surface area contributed by atoms with Crippen LogP contribution in [-0.4, -0.2) is 42.9 Å². The molecule has 8 heteroatoms. The number of likely N-dealkylation sites (tertiary alicyclic amines) is 1. The van der Waals surface area contributed by atoms with Crippen LogP contribution in [0.3, 0.4) is 0 Å². The Morgan fingerprint density at radius 3 is 2.70 bits per heavy atom.